The SMILES string of the molecule is CC(C)(C)OC(=O)CN1CCN(C(=O)c2ccn3cc(-c4ccc(C#N)cc4)nc3c2)CC1. The molecule has 0 spiro atoms. The van der Waals surface area contributed by atoms with Gasteiger partial charge < -0.3 is 14.0 Å². The van der Waals surface area contributed by atoms with E-state index in [1.54, 1.807) is 24.3 Å². The van der Waals surface area contributed by atoms with Gasteiger partial charge in [-0.3, -0.25) is 14.5 Å². The summed E-state index contributed by atoms with van der Waals surface area (Å²) in [6.07, 6.45) is 3.74. The third-order valence-corrected chi connectivity index (χ3v) is 5.45. The fraction of sp³-hybridized carbons (Fsp3) is 0.360. The number of esters is 1. The summed E-state index contributed by atoms with van der Waals surface area (Å²) in [4.78, 5) is 33.6. The maximum atomic E-state index is 13.1. The number of hydrogen-bond donors (Lipinski definition) is 0. The van der Waals surface area contributed by atoms with Gasteiger partial charge >= 0.3 is 5.97 Å². The first-order valence-corrected chi connectivity index (χ1v) is 10.9. The molecular formula is C25H27N5O3. The van der Waals surface area contributed by atoms with Crippen LogP contribution in [0.1, 0.15) is 36.7 Å². The summed E-state index contributed by atoms with van der Waals surface area (Å²) in [5.74, 6) is -0.289. The molecule has 2 aromatic heterocycles. The van der Waals surface area contributed by atoms with Crippen LogP contribution >= 0.6 is 0 Å². The van der Waals surface area contributed by atoms with Crippen LogP contribution in [0.25, 0.3) is 16.9 Å². The number of amides is 1. The van der Waals surface area contributed by atoms with Gasteiger partial charge in [-0.25, -0.2) is 4.98 Å². The van der Waals surface area contributed by atoms with Crippen molar-refractivity contribution in [3.63, 3.8) is 0 Å². The lowest BCUT2D eigenvalue weighted by atomic mass is 10.1. The molecule has 33 heavy (non-hydrogen) atoms. The van der Waals surface area contributed by atoms with E-state index in [-0.39, 0.29) is 18.4 Å². The van der Waals surface area contributed by atoms with Crippen molar-refractivity contribution in [2.45, 2.75) is 26.4 Å². The van der Waals surface area contributed by atoms with Crippen LogP contribution in [0.15, 0.2) is 48.8 Å². The Morgan fingerprint density at radius 1 is 1.09 bits per heavy atom. The quantitative estimate of drug-likeness (QED) is 0.574. The summed E-state index contributed by atoms with van der Waals surface area (Å²) in [6.45, 7) is 8.15. The van der Waals surface area contributed by atoms with Crippen molar-refractivity contribution in [1.82, 2.24) is 19.2 Å². The number of nitrogens with zero attached hydrogens (tertiary/aromatic N) is 5. The molecule has 0 bridgehead atoms. The molecule has 0 saturated carbocycles. The third kappa shape index (κ3) is 5.38. The Kier molecular flexibility index (Phi) is 6.16. The second-order valence-electron chi connectivity index (χ2n) is 9.15. The van der Waals surface area contributed by atoms with Crippen LogP contribution in [0.5, 0.6) is 0 Å². The number of carbonyl (C=O) groups is 2. The first-order valence-electron chi connectivity index (χ1n) is 10.9. The number of imidazole rings is 1. The summed E-state index contributed by atoms with van der Waals surface area (Å²) in [7, 11) is 0. The first kappa shape index (κ1) is 22.5. The smallest absolute Gasteiger partial charge is 0.320 e. The maximum absolute atomic E-state index is 13.1. The van der Waals surface area contributed by atoms with Crippen molar-refractivity contribution in [2.75, 3.05) is 32.7 Å². The van der Waals surface area contributed by atoms with Gasteiger partial charge in [0.2, 0.25) is 0 Å². The Morgan fingerprint density at radius 3 is 2.42 bits per heavy atom. The van der Waals surface area contributed by atoms with Gasteiger partial charge in [-0.05, 0) is 45.0 Å². The molecule has 1 saturated heterocycles. The lowest BCUT2D eigenvalue weighted by Crippen LogP contribution is -2.50. The molecule has 0 N–H and O–H groups in total. The van der Waals surface area contributed by atoms with E-state index in [0.29, 0.717) is 43.0 Å². The maximum Gasteiger partial charge on any atom is 0.320 e. The molecule has 0 radical (unpaired) electrons. The summed E-state index contributed by atoms with van der Waals surface area (Å²) in [6, 6.07) is 13.0. The highest BCUT2D eigenvalue weighted by Gasteiger charge is 2.25. The number of carbonyl (C=O) groups excluding carboxylic acids is 2. The van der Waals surface area contributed by atoms with E-state index < -0.39 is 5.60 Å². The van der Waals surface area contributed by atoms with Gasteiger partial charge in [0.25, 0.3) is 5.91 Å². The molecule has 0 unspecified atom stereocenters. The summed E-state index contributed by atoms with van der Waals surface area (Å²) >= 11 is 0. The topological polar surface area (TPSA) is 90.9 Å². The standard InChI is InChI=1S/C25H27N5O3/c1-25(2,3)33-23(31)17-28-10-12-29(13-11-28)24(32)20-8-9-30-16-21(27-22(30)14-20)19-6-4-18(15-26)5-7-19/h4-9,14,16H,10-13,17H2,1-3H3. The van der Waals surface area contributed by atoms with Crippen molar-refractivity contribution in [1.29, 1.82) is 5.26 Å². The van der Waals surface area contributed by atoms with Crippen LogP contribution in [-0.4, -0.2) is 69.4 Å². The third-order valence-electron chi connectivity index (χ3n) is 5.45. The molecule has 8 nitrogen and oxygen atoms in total. The van der Waals surface area contributed by atoms with Crippen molar-refractivity contribution < 1.29 is 14.3 Å². The Labute approximate surface area is 193 Å². The molecule has 4 rings (SSSR count). The van der Waals surface area contributed by atoms with Gasteiger partial charge in [0.05, 0.1) is 23.9 Å². The van der Waals surface area contributed by atoms with Crippen LogP contribution < -0.4 is 0 Å². The molecule has 1 amide bonds. The van der Waals surface area contributed by atoms with E-state index >= 15 is 0 Å². The lowest BCUT2D eigenvalue weighted by Gasteiger charge is -2.34. The number of fused-ring (bicyclic) bond motifs is 1. The molecule has 170 valence electrons. The van der Waals surface area contributed by atoms with Gasteiger partial charge in [0.15, 0.2) is 0 Å². The van der Waals surface area contributed by atoms with E-state index in [1.807, 2.05) is 59.5 Å². The summed E-state index contributed by atoms with van der Waals surface area (Å²) in [5.41, 5.74) is 3.05. The van der Waals surface area contributed by atoms with Crippen molar-refractivity contribution in [2.24, 2.45) is 0 Å². The minimum absolute atomic E-state index is 0.0441. The number of benzene rings is 1. The molecule has 1 aliphatic heterocycles. The Bertz CT molecular complexity index is 1210. The number of nitriles is 1. The van der Waals surface area contributed by atoms with Gasteiger partial charge in [-0.1, -0.05) is 12.1 Å². The van der Waals surface area contributed by atoms with Crippen LogP contribution in [0.4, 0.5) is 0 Å². The molecule has 0 atom stereocenters. The Hall–Kier alpha value is -3.70. The van der Waals surface area contributed by atoms with E-state index in [1.165, 1.54) is 0 Å². The molecule has 1 aliphatic rings. The van der Waals surface area contributed by atoms with Gasteiger partial charge in [0, 0.05) is 49.7 Å². The fourth-order valence-electron chi connectivity index (χ4n) is 3.82. The van der Waals surface area contributed by atoms with E-state index in [2.05, 4.69) is 11.1 Å². The predicted octanol–water partition coefficient (Wildman–Crippen LogP) is 2.97. The molecule has 3 heterocycles. The summed E-state index contributed by atoms with van der Waals surface area (Å²) < 4.78 is 7.26. The molecule has 1 fully saturated rings. The average molecular weight is 446 g/mol. The number of rotatable bonds is 4. The number of pyridine rings is 1. The zero-order valence-electron chi connectivity index (χ0n) is 19.1. The largest absolute Gasteiger partial charge is 0.459 e. The zero-order chi connectivity index (χ0) is 23.6. The molecular weight excluding hydrogens is 418 g/mol. The minimum atomic E-state index is -0.500. The zero-order valence-corrected chi connectivity index (χ0v) is 19.1. The van der Waals surface area contributed by atoms with Gasteiger partial charge in [-0.15, -0.1) is 0 Å². The van der Waals surface area contributed by atoms with E-state index in [4.69, 9.17) is 10.00 Å². The van der Waals surface area contributed by atoms with Crippen molar-refractivity contribution in [3.8, 4) is 17.3 Å². The molecule has 1 aromatic carbocycles. The predicted molar refractivity (Wildman–Crippen MR) is 124 cm³/mol. The highest BCUT2D eigenvalue weighted by atomic mass is 16.6. The number of aromatic nitrogens is 2. The molecule has 8 heteroatoms. The highest BCUT2D eigenvalue weighted by Crippen LogP contribution is 2.21. The normalized spacial score (nSPS) is 14.8. The lowest BCUT2D eigenvalue weighted by molar-refractivity contribution is -0.156. The van der Waals surface area contributed by atoms with E-state index in [9.17, 15) is 9.59 Å². The van der Waals surface area contributed by atoms with Crippen LogP contribution in [0, 0.1) is 11.3 Å². The number of ether oxygens (including phenoxy) is 1. The second kappa shape index (κ2) is 9.04. The van der Waals surface area contributed by atoms with E-state index in [0.717, 1.165) is 11.3 Å². The fourth-order valence-corrected chi connectivity index (χ4v) is 3.82. The Morgan fingerprint density at radius 2 is 1.79 bits per heavy atom. The number of piperazine rings is 1. The van der Waals surface area contributed by atoms with Gasteiger partial charge in [0.1, 0.15) is 11.2 Å². The minimum Gasteiger partial charge on any atom is -0.459 e. The Balaban J connectivity index is 1.40. The average Bonchev–Trinajstić information content (AvgIpc) is 3.21. The monoisotopic (exact) mass is 445 g/mol. The molecule has 0 aliphatic carbocycles. The second-order valence-corrected chi connectivity index (χ2v) is 9.15. The van der Waals surface area contributed by atoms with Crippen LogP contribution in [0.2, 0.25) is 0 Å². The van der Waals surface area contributed by atoms with Crippen molar-refractivity contribution >= 4 is 17.5 Å². The molecule has 3 aromatic rings. The van der Waals surface area contributed by atoms with Crippen LogP contribution in [0.3, 0.4) is 0 Å². The summed E-state index contributed by atoms with van der Waals surface area (Å²) in [5, 5.41) is 8.97. The number of hydrogen-bond acceptors (Lipinski definition) is 6. The van der Waals surface area contributed by atoms with Crippen LogP contribution in [-0.2, 0) is 9.53 Å². The van der Waals surface area contributed by atoms with Crippen molar-refractivity contribution in [3.05, 3.63) is 59.9 Å². The van der Waals surface area contributed by atoms with Gasteiger partial charge in [-0.2, -0.15) is 5.26 Å². The first-order chi connectivity index (χ1) is 15.7. The highest BCUT2D eigenvalue weighted by molar-refractivity contribution is 5.95.